The molecule has 3 heteroatoms. The first-order chi connectivity index (χ1) is 1.41. The van der Waals surface area contributed by atoms with Gasteiger partial charge in [0, 0.05) is 25.5 Å². The summed E-state index contributed by atoms with van der Waals surface area (Å²) >= 11 is 0. The van der Waals surface area contributed by atoms with E-state index < -0.39 is 0 Å². The zero-order valence-corrected chi connectivity index (χ0v) is 4.65. The van der Waals surface area contributed by atoms with Gasteiger partial charge in [-0.1, -0.05) is 0 Å². The van der Waals surface area contributed by atoms with Crippen LogP contribution in [0.5, 0.6) is 0 Å². The van der Waals surface area contributed by atoms with Crippen molar-refractivity contribution in [2.75, 3.05) is 6.61 Å². The molecule has 0 atom stereocenters. The zero-order chi connectivity index (χ0) is 2.71. The Labute approximate surface area is 51.4 Å². The van der Waals surface area contributed by atoms with Gasteiger partial charge in [0.15, 0.2) is 0 Å². The van der Waals surface area contributed by atoms with E-state index in [1.165, 1.54) is 0 Å². The molecule has 0 aliphatic rings. The third kappa shape index (κ3) is 50.4. The minimum Gasteiger partial charge on any atom is -0.397 e. The maximum Gasteiger partial charge on any atom is 0.0402 e. The van der Waals surface area contributed by atoms with Gasteiger partial charge in [-0.25, -0.2) is 0 Å². The van der Waals surface area contributed by atoms with Crippen LogP contribution in [0.2, 0.25) is 0 Å². The van der Waals surface area contributed by atoms with Gasteiger partial charge in [0.2, 0.25) is 0 Å². The molecule has 0 fully saturated rings. The molecule has 29 valence electrons. The normalized spacial score (nSPS) is 3.60. The van der Waals surface area contributed by atoms with E-state index >= 15 is 0 Å². The van der Waals surface area contributed by atoms with Gasteiger partial charge in [-0.2, -0.15) is 13.5 Å². The molecule has 0 aromatic carbocycles. The van der Waals surface area contributed by atoms with E-state index in [-0.39, 0.29) is 39.0 Å². The van der Waals surface area contributed by atoms with Crippen molar-refractivity contribution in [3.8, 4) is 0 Å². The van der Waals surface area contributed by atoms with Gasteiger partial charge in [-0.15, -0.1) is 0 Å². The summed E-state index contributed by atoms with van der Waals surface area (Å²) < 4.78 is 0. The Balaban J connectivity index is -0.0000000200. The summed E-state index contributed by atoms with van der Waals surface area (Å²) in [6.07, 6.45) is 0. The maximum atomic E-state index is 7.57. The van der Waals surface area contributed by atoms with Crippen LogP contribution in [0.4, 0.5) is 0 Å². The Bertz CT molecular complexity index is 9.61. The van der Waals surface area contributed by atoms with Gasteiger partial charge in [-0.05, 0) is 6.92 Å². The monoisotopic (exact) mass is 87.0 g/mol. The number of hydrogen-bond donors (Lipinski definition) is 1. The minimum absolute atomic E-state index is 0. The van der Waals surface area contributed by atoms with Crippen LogP contribution in [0.25, 0.3) is 0 Å². The Hall–Kier alpha value is 0.907. The van der Waals surface area contributed by atoms with Crippen LogP contribution in [-0.2, 0) is 0 Å². The van der Waals surface area contributed by atoms with Gasteiger partial charge < -0.3 is 5.11 Å². The summed E-state index contributed by atoms with van der Waals surface area (Å²) in [4.78, 5) is 0. The molecule has 5 heavy (non-hydrogen) atoms. The molecule has 0 saturated heterocycles. The Kier molecular flexibility index (Phi) is 69.3. The molecular weight excluding hydrogens is 79.0 g/mol. The minimum atomic E-state index is 0. The molecule has 0 unspecified atom stereocenters. The van der Waals surface area contributed by atoms with Gasteiger partial charge in [0.1, 0.15) is 0 Å². The number of aliphatic hydroxyl groups is 1. The molecule has 0 rings (SSSR count). The molecule has 0 aromatic heterocycles. The number of hydrogen-bond acceptors (Lipinski definition) is 1. The summed E-state index contributed by atoms with van der Waals surface area (Å²) in [6.45, 7) is 1.93. The van der Waals surface area contributed by atoms with Crippen molar-refractivity contribution in [3.05, 3.63) is 0 Å². The first-order valence-electron chi connectivity index (χ1n) is 1.02. The van der Waals surface area contributed by atoms with E-state index in [4.69, 9.17) is 5.11 Å². The van der Waals surface area contributed by atoms with Crippen LogP contribution < -0.4 is 0 Å². The SMILES string of the molecule is CCO.S.[Li]. The largest absolute Gasteiger partial charge is 0.397 e. The molecule has 0 spiro atoms. The van der Waals surface area contributed by atoms with Crippen LogP contribution in [-0.4, -0.2) is 30.6 Å². The third-order valence-corrected chi connectivity index (χ3v) is 0. The molecule has 1 radical (unpaired) electrons. The van der Waals surface area contributed by atoms with Crippen molar-refractivity contribution in [1.29, 1.82) is 0 Å². The van der Waals surface area contributed by atoms with Gasteiger partial charge in [-0.3, -0.25) is 0 Å². The third-order valence-electron chi connectivity index (χ3n) is 0. The Morgan fingerprint density at radius 2 is 1.60 bits per heavy atom. The number of aliphatic hydroxyl groups excluding tert-OH is 1. The fourth-order valence-electron chi connectivity index (χ4n) is 0. The van der Waals surface area contributed by atoms with Crippen LogP contribution in [0.15, 0.2) is 0 Å². The predicted octanol–water partition coefficient (Wildman–Crippen LogP) is -0.269. The fraction of sp³-hybridized carbons (Fsp3) is 1.00. The van der Waals surface area contributed by atoms with Crippen LogP contribution >= 0.6 is 13.5 Å². The van der Waals surface area contributed by atoms with Crippen molar-refractivity contribution in [2.24, 2.45) is 0 Å². The van der Waals surface area contributed by atoms with Gasteiger partial charge >= 0.3 is 0 Å². The van der Waals surface area contributed by atoms with Crippen molar-refractivity contribution < 1.29 is 5.11 Å². The average Bonchev–Trinajstić information content (AvgIpc) is 0.918. The van der Waals surface area contributed by atoms with E-state index in [2.05, 4.69) is 0 Å². The molecule has 0 bridgehead atoms. The Morgan fingerprint density at radius 3 is 1.60 bits per heavy atom. The van der Waals surface area contributed by atoms with E-state index in [1.807, 2.05) is 0 Å². The summed E-state index contributed by atoms with van der Waals surface area (Å²) in [5, 5.41) is 7.57. The van der Waals surface area contributed by atoms with Crippen molar-refractivity contribution in [3.63, 3.8) is 0 Å². The van der Waals surface area contributed by atoms with Gasteiger partial charge in [0.05, 0.1) is 0 Å². The second-order valence-electron chi connectivity index (χ2n) is 0.316. The van der Waals surface area contributed by atoms with Crippen LogP contribution in [0, 0.1) is 0 Å². The van der Waals surface area contributed by atoms with Crippen molar-refractivity contribution in [1.82, 2.24) is 0 Å². The first kappa shape index (κ1) is 16.8. The standard InChI is InChI=1S/C2H6O.Li.H2S/c1-2-3;;/h3H,2H2,1H3;;1H2. The topological polar surface area (TPSA) is 20.2 Å². The van der Waals surface area contributed by atoms with Crippen LogP contribution in [0.3, 0.4) is 0 Å². The van der Waals surface area contributed by atoms with Gasteiger partial charge in [0.25, 0.3) is 0 Å². The fourth-order valence-corrected chi connectivity index (χ4v) is 0. The molecule has 0 saturated carbocycles. The summed E-state index contributed by atoms with van der Waals surface area (Å²) in [5.74, 6) is 0. The van der Waals surface area contributed by atoms with E-state index in [1.54, 1.807) is 6.92 Å². The molecular formula is C2H8LiOS. The Morgan fingerprint density at radius 1 is 1.60 bits per heavy atom. The molecule has 0 aliphatic carbocycles. The summed E-state index contributed by atoms with van der Waals surface area (Å²) in [5.41, 5.74) is 0. The summed E-state index contributed by atoms with van der Waals surface area (Å²) in [7, 11) is 0. The van der Waals surface area contributed by atoms with Crippen molar-refractivity contribution in [2.45, 2.75) is 6.92 Å². The van der Waals surface area contributed by atoms with E-state index in [9.17, 15) is 0 Å². The summed E-state index contributed by atoms with van der Waals surface area (Å²) in [6, 6.07) is 0. The molecule has 1 N–H and O–H groups in total. The van der Waals surface area contributed by atoms with Crippen LogP contribution in [0.1, 0.15) is 6.92 Å². The quantitative estimate of drug-likeness (QED) is 0.403. The van der Waals surface area contributed by atoms with E-state index in [0.29, 0.717) is 0 Å². The molecule has 0 aromatic rings. The molecule has 0 amide bonds. The smallest absolute Gasteiger partial charge is 0.0402 e. The molecule has 0 aliphatic heterocycles. The molecule has 0 heterocycles. The zero-order valence-electron chi connectivity index (χ0n) is 3.65. The predicted molar refractivity (Wildman–Crippen MR) is 28.9 cm³/mol. The maximum absolute atomic E-state index is 7.57. The second-order valence-corrected chi connectivity index (χ2v) is 0.316. The van der Waals surface area contributed by atoms with Crippen molar-refractivity contribution >= 4 is 32.4 Å². The molecule has 1 nitrogen and oxygen atoms in total. The number of rotatable bonds is 0. The average molecular weight is 87.1 g/mol. The van der Waals surface area contributed by atoms with E-state index in [0.717, 1.165) is 0 Å². The first-order valence-corrected chi connectivity index (χ1v) is 1.02. The second kappa shape index (κ2) is 20.6.